The van der Waals surface area contributed by atoms with Crippen molar-refractivity contribution in [2.75, 3.05) is 6.54 Å². The minimum absolute atomic E-state index is 0.0308. The Morgan fingerprint density at radius 3 is 2.84 bits per heavy atom. The minimum atomic E-state index is -0.160. The quantitative estimate of drug-likeness (QED) is 0.877. The van der Waals surface area contributed by atoms with E-state index in [1.807, 2.05) is 42.6 Å². The summed E-state index contributed by atoms with van der Waals surface area (Å²) in [7, 11) is 0. The molecule has 0 fully saturated rings. The van der Waals surface area contributed by atoms with E-state index in [1.165, 1.54) is 0 Å². The molecule has 0 aliphatic rings. The van der Waals surface area contributed by atoms with E-state index in [9.17, 15) is 4.79 Å². The Balaban J connectivity index is 1.97. The van der Waals surface area contributed by atoms with Gasteiger partial charge in [-0.15, -0.1) is 11.3 Å². The van der Waals surface area contributed by atoms with Gasteiger partial charge in [-0.1, -0.05) is 37.3 Å². The molecule has 100 valence electrons. The lowest BCUT2D eigenvalue weighted by Crippen LogP contribution is -2.32. The van der Waals surface area contributed by atoms with Crippen molar-refractivity contribution in [3.05, 3.63) is 41.4 Å². The minimum Gasteiger partial charge on any atom is -0.350 e. The number of carbonyl (C=O) groups excluding carboxylic acids is 1. The highest BCUT2D eigenvalue weighted by atomic mass is 32.1. The van der Waals surface area contributed by atoms with Gasteiger partial charge in [0, 0.05) is 23.4 Å². The highest BCUT2D eigenvalue weighted by Crippen LogP contribution is 2.23. The third-order valence-electron chi connectivity index (χ3n) is 2.82. The van der Waals surface area contributed by atoms with Crippen molar-refractivity contribution >= 4 is 17.2 Å². The molecule has 1 amide bonds. The number of hydrogen-bond acceptors (Lipinski definition) is 4. The van der Waals surface area contributed by atoms with Crippen LogP contribution >= 0.6 is 11.3 Å². The van der Waals surface area contributed by atoms with Crippen molar-refractivity contribution in [2.45, 2.75) is 13.5 Å². The van der Waals surface area contributed by atoms with Gasteiger partial charge in [0.2, 0.25) is 5.91 Å². The monoisotopic (exact) mass is 275 g/mol. The molecule has 1 atom stereocenters. The number of amides is 1. The smallest absolute Gasteiger partial charge is 0.224 e. The Hall–Kier alpha value is -1.72. The molecule has 4 nitrogen and oxygen atoms in total. The Bertz CT molecular complexity index is 539. The van der Waals surface area contributed by atoms with Crippen LogP contribution < -0.4 is 11.1 Å². The third kappa shape index (κ3) is 3.62. The molecule has 0 aliphatic heterocycles. The van der Waals surface area contributed by atoms with E-state index in [0.717, 1.165) is 16.3 Å². The zero-order chi connectivity index (χ0) is 13.7. The van der Waals surface area contributed by atoms with Crippen molar-refractivity contribution < 1.29 is 4.79 Å². The molecule has 1 aromatic carbocycles. The second-order valence-corrected chi connectivity index (χ2v) is 5.22. The first-order valence-electron chi connectivity index (χ1n) is 6.18. The van der Waals surface area contributed by atoms with Crippen LogP contribution in [-0.4, -0.2) is 17.4 Å². The average molecular weight is 275 g/mol. The lowest BCUT2D eigenvalue weighted by atomic mass is 10.2. The Kier molecular flexibility index (Phi) is 4.65. The lowest BCUT2D eigenvalue weighted by molar-refractivity contribution is -0.124. The first-order chi connectivity index (χ1) is 9.20. The van der Waals surface area contributed by atoms with Crippen molar-refractivity contribution in [3.63, 3.8) is 0 Å². The molecule has 0 saturated heterocycles. The van der Waals surface area contributed by atoms with Gasteiger partial charge in [-0.2, -0.15) is 0 Å². The lowest BCUT2D eigenvalue weighted by Gasteiger charge is -2.08. The highest BCUT2D eigenvalue weighted by Gasteiger charge is 2.11. The molecule has 3 N–H and O–H groups in total. The summed E-state index contributed by atoms with van der Waals surface area (Å²) in [6, 6.07) is 10.0. The first kappa shape index (κ1) is 13.7. The normalized spacial score (nSPS) is 12.1. The number of nitrogens with one attached hydrogen (secondary N) is 1. The summed E-state index contributed by atoms with van der Waals surface area (Å²) >= 11 is 1.58. The molecular formula is C14H17N3OS. The van der Waals surface area contributed by atoms with Gasteiger partial charge in [0.25, 0.3) is 0 Å². The van der Waals surface area contributed by atoms with Crippen LogP contribution in [0, 0.1) is 5.92 Å². The van der Waals surface area contributed by atoms with Gasteiger partial charge in [-0.25, -0.2) is 4.98 Å². The Morgan fingerprint density at radius 1 is 1.42 bits per heavy atom. The zero-order valence-electron chi connectivity index (χ0n) is 10.8. The van der Waals surface area contributed by atoms with Gasteiger partial charge >= 0.3 is 0 Å². The van der Waals surface area contributed by atoms with Crippen molar-refractivity contribution in [2.24, 2.45) is 11.7 Å². The molecule has 2 rings (SSSR count). The molecule has 2 aromatic rings. The number of carbonyl (C=O) groups is 1. The predicted molar refractivity (Wildman–Crippen MR) is 77.6 cm³/mol. The van der Waals surface area contributed by atoms with E-state index < -0.39 is 0 Å². The van der Waals surface area contributed by atoms with Crippen LogP contribution in [0.2, 0.25) is 0 Å². The molecule has 1 heterocycles. The first-order valence-corrected chi connectivity index (χ1v) is 7.06. The fraction of sp³-hybridized carbons (Fsp3) is 0.286. The molecule has 5 heteroatoms. The topological polar surface area (TPSA) is 68.0 Å². The fourth-order valence-corrected chi connectivity index (χ4v) is 2.39. The van der Waals surface area contributed by atoms with Crippen LogP contribution in [0.5, 0.6) is 0 Å². The van der Waals surface area contributed by atoms with E-state index in [-0.39, 0.29) is 11.8 Å². The summed E-state index contributed by atoms with van der Waals surface area (Å²) < 4.78 is 0. The van der Waals surface area contributed by atoms with Gasteiger partial charge in [0.05, 0.1) is 12.2 Å². The maximum Gasteiger partial charge on any atom is 0.224 e. The van der Waals surface area contributed by atoms with Gasteiger partial charge < -0.3 is 11.1 Å². The second-order valence-electron chi connectivity index (χ2n) is 4.36. The summed E-state index contributed by atoms with van der Waals surface area (Å²) in [5.41, 5.74) is 7.42. The summed E-state index contributed by atoms with van der Waals surface area (Å²) in [4.78, 5) is 16.1. The summed E-state index contributed by atoms with van der Waals surface area (Å²) in [6.45, 7) is 2.62. The second kappa shape index (κ2) is 6.45. The standard InChI is InChI=1S/C14H17N3OS/c1-10(7-15)13(18)16-8-12-9-19-14(17-12)11-5-3-2-4-6-11/h2-6,9-10H,7-8,15H2,1H3,(H,16,18). The van der Waals surface area contributed by atoms with E-state index in [4.69, 9.17) is 5.73 Å². The van der Waals surface area contributed by atoms with Crippen LogP contribution in [0.3, 0.4) is 0 Å². The molecular weight excluding hydrogens is 258 g/mol. The number of nitrogens with two attached hydrogens (primary N) is 1. The van der Waals surface area contributed by atoms with Crippen LogP contribution in [0.25, 0.3) is 10.6 Å². The van der Waals surface area contributed by atoms with Gasteiger partial charge in [-0.05, 0) is 0 Å². The Morgan fingerprint density at radius 2 is 2.16 bits per heavy atom. The SMILES string of the molecule is CC(CN)C(=O)NCc1csc(-c2ccccc2)n1. The molecule has 0 saturated carbocycles. The van der Waals surface area contributed by atoms with Crippen molar-refractivity contribution in [3.8, 4) is 10.6 Å². The largest absolute Gasteiger partial charge is 0.350 e. The van der Waals surface area contributed by atoms with E-state index in [0.29, 0.717) is 13.1 Å². The maximum absolute atomic E-state index is 11.6. The molecule has 0 bridgehead atoms. The molecule has 0 aliphatic carbocycles. The van der Waals surface area contributed by atoms with E-state index in [1.54, 1.807) is 11.3 Å². The number of nitrogens with zero attached hydrogens (tertiary/aromatic N) is 1. The zero-order valence-corrected chi connectivity index (χ0v) is 11.6. The van der Waals surface area contributed by atoms with Gasteiger partial charge in [0.15, 0.2) is 0 Å². The maximum atomic E-state index is 11.6. The number of benzene rings is 1. The fourth-order valence-electron chi connectivity index (χ4n) is 1.56. The summed E-state index contributed by atoms with van der Waals surface area (Å²) in [6.07, 6.45) is 0. The van der Waals surface area contributed by atoms with E-state index >= 15 is 0 Å². The van der Waals surface area contributed by atoms with Crippen molar-refractivity contribution in [1.29, 1.82) is 0 Å². The number of hydrogen-bond donors (Lipinski definition) is 2. The van der Waals surface area contributed by atoms with Crippen LogP contribution in [0.1, 0.15) is 12.6 Å². The molecule has 0 radical (unpaired) electrons. The average Bonchev–Trinajstić information content (AvgIpc) is 2.93. The molecule has 19 heavy (non-hydrogen) atoms. The molecule has 1 unspecified atom stereocenters. The van der Waals surface area contributed by atoms with Crippen LogP contribution in [-0.2, 0) is 11.3 Å². The Labute approximate surface area is 116 Å². The molecule has 0 spiro atoms. The van der Waals surface area contributed by atoms with E-state index in [2.05, 4.69) is 10.3 Å². The van der Waals surface area contributed by atoms with Crippen LogP contribution in [0.15, 0.2) is 35.7 Å². The molecule has 1 aromatic heterocycles. The number of rotatable bonds is 5. The van der Waals surface area contributed by atoms with Crippen molar-refractivity contribution in [1.82, 2.24) is 10.3 Å². The third-order valence-corrected chi connectivity index (χ3v) is 3.76. The predicted octanol–water partition coefficient (Wildman–Crippen LogP) is 2.02. The highest BCUT2D eigenvalue weighted by molar-refractivity contribution is 7.13. The summed E-state index contributed by atoms with van der Waals surface area (Å²) in [5.74, 6) is -0.191. The summed E-state index contributed by atoms with van der Waals surface area (Å²) in [5, 5.41) is 5.78. The van der Waals surface area contributed by atoms with Crippen LogP contribution in [0.4, 0.5) is 0 Å². The number of thiazole rings is 1. The number of aromatic nitrogens is 1. The van der Waals surface area contributed by atoms with Gasteiger partial charge in [0.1, 0.15) is 5.01 Å². The van der Waals surface area contributed by atoms with Gasteiger partial charge in [-0.3, -0.25) is 4.79 Å².